The number of pyridine rings is 1. The maximum absolute atomic E-state index is 5.46. The number of anilines is 1. The first-order valence-electron chi connectivity index (χ1n) is 6.38. The summed E-state index contributed by atoms with van der Waals surface area (Å²) in [6.07, 6.45) is 5.64. The van der Waals surface area contributed by atoms with Crippen molar-refractivity contribution in [1.29, 1.82) is 0 Å². The summed E-state index contributed by atoms with van der Waals surface area (Å²) in [5, 5.41) is 7.81. The molecule has 0 saturated heterocycles. The molecule has 0 aromatic carbocycles. The van der Waals surface area contributed by atoms with Gasteiger partial charge in [-0.3, -0.25) is 0 Å². The van der Waals surface area contributed by atoms with Gasteiger partial charge in [-0.1, -0.05) is 0 Å². The van der Waals surface area contributed by atoms with E-state index in [9.17, 15) is 0 Å². The van der Waals surface area contributed by atoms with Gasteiger partial charge < -0.3 is 10.1 Å². The fourth-order valence-electron chi connectivity index (χ4n) is 2.58. The number of methoxy groups -OCH3 is 1. The molecular formula is C13H18N4O. The molecule has 1 saturated carbocycles. The second-order valence-electron chi connectivity index (χ2n) is 4.90. The Bertz CT molecular complexity index is 551. The maximum Gasteiger partial charge on any atom is 0.243 e. The van der Waals surface area contributed by atoms with E-state index in [-0.39, 0.29) is 6.10 Å². The van der Waals surface area contributed by atoms with Crippen LogP contribution in [0.15, 0.2) is 18.3 Å². The quantitative estimate of drug-likeness (QED) is 0.900. The number of nitrogens with zero attached hydrogens (tertiary/aromatic N) is 3. The first-order chi connectivity index (χ1) is 8.76. The average Bonchev–Trinajstić information content (AvgIpc) is 2.94. The number of aryl methyl sites for hydroxylation is 1. The number of fused-ring (bicyclic) bond motifs is 1. The second-order valence-corrected chi connectivity index (χ2v) is 4.90. The van der Waals surface area contributed by atoms with E-state index in [0.29, 0.717) is 12.0 Å². The topological polar surface area (TPSA) is 51.5 Å². The molecule has 0 aliphatic heterocycles. The van der Waals surface area contributed by atoms with Gasteiger partial charge >= 0.3 is 0 Å². The van der Waals surface area contributed by atoms with Crippen LogP contribution in [0, 0.1) is 6.92 Å². The minimum absolute atomic E-state index is 0.276. The second kappa shape index (κ2) is 4.57. The van der Waals surface area contributed by atoms with Gasteiger partial charge in [-0.2, -0.15) is 4.98 Å². The summed E-state index contributed by atoms with van der Waals surface area (Å²) in [5.74, 6) is 0.689. The van der Waals surface area contributed by atoms with Crippen molar-refractivity contribution in [1.82, 2.24) is 14.6 Å². The molecule has 2 aromatic heterocycles. The lowest BCUT2D eigenvalue weighted by Crippen LogP contribution is -2.30. The van der Waals surface area contributed by atoms with Gasteiger partial charge in [0.05, 0.1) is 12.1 Å². The zero-order chi connectivity index (χ0) is 12.5. The molecule has 96 valence electrons. The molecule has 2 aromatic rings. The highest BCUT2D eigenvalue weighted by Crippen LogP contribution is 2.24. The molecule has 0 radical (unpaired) electrons. The summed E-state index contributed by atoms with van der Waals surface area (Å²) in [6, 6.07) is 4.38. The number of hydrogen-bond acceptors (Lipinski definition) is 4. The van der Waals surface area contributed by atoms with E-state index >= 15 is 0 Å². The normalized spacial score (nSPS) is 23.7. The van der Waals surface area contributed by atoms with Gasteiger partial charge in [0, 0.05) is 13.3 Å². The highest BCUT2D eigenvalue weighted by atomic mass is 16.5. The van der Waals surface area contributed by atoms with E-state index in [1.165, 1.54) is 12.0 Å². The van der Waals surface area contributed by atoms with Crippen LogP contribution in [0.3, 0.4) is 0 Å². The molecule has 1 N–H and O–H groups in total. The predicted molar refractivity (Wildman–Crippen MR) is 69.8 cm³/mol. The first kappa shape index (κ1) is 11.5. The van der Waals surface area contributed by atoms with Crippen LogP contribution < -0.4 is 5.32 Å². The molecule has 2 heterocycles. The molecule has 2 atom stereocenters. The van der Waals surface area contributed by atoms with Crippen LogP contribution in [0.5, 0.6) is 0 Å². The number of rotatable bonds is 3. The Morgan fingerprint density at radius 3 is 3.17 bits per heavy atom. The van der Waals surface area contributed by atoms with E-state index in [0.717, 1.165) is 18.5 Å². The lowest BCUT2D eigenvalue weighted by Gasteiger charge is -2.18. The monoisotopic (exact) mass is 246 g/mol. The third-order valence-electron chi connectivity index (χ3n) is 3.56. The molecule has 0 bridgehead atoms. The van der Waals surface area contributed by atoms with Crippen molar-refractivity contribution >= 4 is 11.6 Å². The van der Waals surface area contributed by atoms with Crippen LogP contribution in [0.4, 0.5) is 5.95 Å². The largest absolute Gasteiger partial charge is 0.379 e. The smallest absolute Gasteiger partial charge is 0.243 e. The zero-order valence-electron chi connectivity index (χ0n) is 10.8. The fraction of sp³-hybridized carbons (Fsp3) is 0.538. The molecule has 1 aliphatic carbocycles. The summed E-state index contributed by atoms with van der Waals surface area (Å²) < 4.78 is 7.26. The molecule has 0 spiro atoms. The summed E-state index contributed by atoms with van der Waals surface area (Å²) in [5.41, 5.74) is 2.07. The Labute approximate surface area is 106 Å². The van der Waals surface area contributed by atoms with Crippen LogP contribution in [-0.2, 0) is 4.74 Å². The van der Waals surface area contributed by atoms with Crippen LogP contribution >= 0.6 is 0 Å². The van der Waals surface area contributed by atoms with Gasteiger partial charge in [-0.25, -0.2) is 4.52 Å². The fourth-order valence-corrected chi connectivity index (χ4v) is 2.58. The first-order valence-corrected chi connectivity index (χ1v) is 6.38. The molecule has 2 unspecified atom stereocenters. The van der Waals surface area contributed by atoms with Crippen molar-refractivity contribution < 1.29 is 4.74 Å². The van der Waals surface area contributed by atoms with Crippen molar-refractivity contribution in [3.8, 4) is 0 Å². The molecule has 18 heavy (non-hydrogen) atoms. The number of aromatic nitrogens is 3. The molecule has 5 nitrogen and oxygen atoms in total. The molecule has 0 amide bonds. The minimum Gasteiger partial charge on any atom is -0.379 e. The standard InChI is InChI=1S/C13H18N4O/c1-9-6-7-17-12(8-9)15-13(16-17)14-10-4-3-5-11(10)18-2/h6-8,10-11H,3-5H2,1-2H3,(H,14,16). The van der Waals surface area contributed by atoms with E-state index in [2.05, 4.69) is 22.3 Å². The minimum atomic E-state index is 0.276. The Hall–Kier alpha value is -1.62. The van der Waals surface area contributed by atoms with Gasteiger partial charge in [0.1, 0.15) is 0 Å². The third-order valence-corrected chi connectivity index (χ3v) is 3.56. The van der Waals surface area contributed by atoms with Gasteiger partial charge in [0.15, 0.2) is 5.65 Å². The van der Waals surface area contributed by atoms with Gasteiger partial charge in [-0.05, 0) is 43.9 Å². The average molecular weight is 246 g/mol. The van der Waals surface area contributed by atoms with Crippen molar-refractivity contribution in [2.75, 3.05) is 12.4 Å². The lowest BCUT2D eigenvalue weighted by molar-refractivity contribution is 0.101. The zero-order valence-corrected chi connectivity index (χ0v) is 10.8. The highest BCUT2D eigenvalue weighted by Gasteiger charge is 2.27. The Kier molecular flexibility index (Phi) is 2.91. The molecular weight excluding hydrogens is 228 g/mol. The molecule has 1 aliphatic rings. The Morgan fingerprint density at radius 1 is 1.44 bits per heavy atom. The predicted octanol–water partition coefficient (Wildman–Crippen LogP) is 2.02. The summed E-state index contributed by atoms with van der Waals surface area (Å²) in [7, 11) is 1.77. The number of ether oxygens (including phenoxy) is 1. The van der Waals surface area contributed by atoms with Crippen LogP contribution in [-0.4, -0.2) is 33.9 Å². The Morgan fingerprint density at radius 2 is 2.33 bits per heavy atom. The summed E-state index contributed by atoms with van der Waals surface area (Å²) in [6.45, 7) is 2.06. The van der Waals surface area contributed by atoms with Crippen molar-refractivity contribution in [2.45, 2.75) is 38.3 Å². The van der Waals surface area contributed by atoms with Crippen LogP contribution in [0.1, 0.15) is 24.8 Å². The third kappa shape index (κ3) is 2.06. The van der Waals surface area contributed by atoms with Crippen LogP contribution in [0.2, 0.25) is 0 Å². The van der Waals surface area contributed by atoms with Gasteiger partial charge in [0.2, 0.25) is 5.95 Å². The molecule has 1 fully saturated rings. The molecule has 3 rings (SSSR count). The van der Waals surface area contributed by atoms with Crippen molar-refractivity contribution in [3.05, 3.63) is 23.9 Å². The number of hydrogen-bond donors (Lipinski definition) is 1. The molecule has 5 heteroatoms. The summed E-state index contributed by atoms with van der Waals surface area (Å²) in [4.78, 5) is 4.49. The number of nitrogens with one attached hydrogen (secondary N) is 1. The lowest BCUT2D eigenvalue weighted by atomic mass is 10.2. The van der Waals surface area contributed by atoms with E-state index < -0.39 is 0 Å². The van der Waals surface area contributed by atoms with E-state index in [1.807, 2.05) is 18.3 Å². The van der Waals surface area contributed by atoms with Crippen molar-refractivity contribution in [2.24, 2.45) is 0 Å². The van der Waals surface area contributed by atoms with Crippen LogP contribution in [0.25, 0.3) is 5.65 Å². The van der Waals surface area contributed by atoms with Gasteiger partial charge in [-0.15, -0.1) is 5.10 Å². The van der Waals surface area contributed by atoms with E-state index in [4.69, 9.17) is 4.74 Å². The van der Waals surface area contributed by atoms with Gasteiger partial charge in [0.25, 0.3) is 0 Å². The van der Waals surface area contributed by atoms with E-state index in [1.54, 1.807) is 11.6 Å². The SMILES string of the molecule is COC1CCCC1Nc1nc2cc(C)ccn2n1. The Balaban J connectivity index is 1.82. The highest BCUT2D eigenvalue weighted by molar-refractivity contribution is 5.45. The summed E-state index contributed by atoms with van der Waals surface area (Å²) >= 11 is 0. The van der Waals surface area contributed by atoms with Crippen molar-refractivity contribution in [3.63, 3.8) is 0 Å². The maximum atomic E-state index is 5.46.